The third-order valence-corrected chi connectivity index (χ3v) is 2.96. The molecule has 0 amide bonds. The Morgan fingerprint density at radius 1 is 1.11 bits per heavy atom. The van der Waals surface area contributed by atoms with E-state index in [2.05, 4.69) is 4.99 Å². The number of hydrogen-bond donors (Lipinski definition) is 0. The fraction of sp³-hybridized carbons (Fsp3) is 0.0769. The molecule has 3 nitrogen and oxygen atoms in total. The van der Waals surface area contributed by atoms with Crippen LogP contribution in [0.25, 0.3) is 0 Å². The molecule has 0 spiro atoms. The number of pyridine rings is 1. The van der Waals surface area contributed by atoms with Crippen LogP contribution in [-0.4, -0.2) is 12.9 Å². The molecule has 0 fully saturated rings. The SMILES string of the molecule is Cc1ccc(C2=Nc3cccc[n+]3[B-](F)(F)O2)cc1. The van der Waals surface area contributed by atoms with Gasteiger partial charge in [0.2, 0.25) is 0 Å². The monoisotopic (exact) mass is 260 g/mol. The second kappa shape index (κ2) is 4.15. The molecule has 0 unspecified atom stereocenters. The molecule has 1 aromatic carbocycles. The first-order chi connectivity index (χ1) is 9.06. The molecule has 1 aromatic heterocycles. The molecule has 0 radical (unpaired) electrons. The van der Waals surface area contributed by atoms with Crippen molar-refractivity contribution in [2.45, 2.75) is 6.92 Å². The van der Waals surface area contributed by atoms with Gasteiger partial charge in [-0.25, -0.2) is 0 Å². The first-order valence-electron chi connectivity index (χ1n) is 5.92. The summed E-state index contributed by atoms with van der Waals surface area (Å²) in [5.41, 5.74) is 1.59. The quantitative estimate of drug-likeness (QED) is 0.723. The van der Waals surface area contributed by atoms with Gasteiger partial charge in [-0.15, -0.1) is 0 Å². The molecule has 1 aliphatic heterocycles. The minimum absolute atomic E-state index is 0.0452. The summed E-state index contributed by atoms with van der Waals surface area (Å²) >= 11 is 0. The van der Waals surface area contributed by atoms with E-state index in [1.165, 1.54) is 18.3 Å². The first-order valence-corrected chi connectivity index (χ1v) is 5.92. The fourth-order valence-corrected chi connectivity index (χ4v) is 1.95. The lowest BCUT2D eigenvalue weighted by molar-refractivity contribution is -0.568. The molecule has 2 heterocycles. The van der Waals surface area contributed by atoms with Crippen molar-refractivity contribution in [2.75, 3.05) is 0 Å². The third kappa shape index (κ3) is 2.09. The second-order valence-corrected chi connectivity index (χ2v) is 4.43. The van der Waals surface area contributed by atoms with Crippen LogP contribution in [0.5, 0.6) is 0 Å². The summed E-state index contributed by atoms with van der Waals surface area (Å²) in [5.74, 6) is 0.144. The summed E-state index contributed by atoms with van der Waals surface area (Å²) in [7, 11) is -4.13. The second-order valence-electron chi connectivity index (χ2n) is 4.43. The van der Waals surface area contributed by atoms with Crippen molar-refractivity contribution in [1.82, 2.24) is 0 Å². The van der Waals surface area contributed by atoms with Crippen LogP contribution in [0.15, 0.2) is 53.7 Å². The van der Waals surface area contributed by atoms with E-state index >= 15 is 0 Å². The number of aryl methyl sites for hydroxylation is 1. The number of aliphatic imine (C=N–C) groups is 1. The van der Waals surface area contributed by atoms with Crippen LogP contribution < -0.4 is 4.48 Å². The zero-order valence-electron chi connectivity index (χ0n) is 10.3. The molecule has 0 aliphatic carbocycles. The standard InChI is InChI=1S/C13H11BF2N2O/c1-10-5-7-11(8-6-10)13-17-12-4-2-3-9-18(12)14(15,16)19-13/h2-9H,1H3. The van der Waals surface area contributed by atoms with E-state index in [0.717, 1.165) is 10.0 Å². The maximum atomic E-state index is 13.9. The highest BCUT2D eigenvalue weighted by atomic mass is 19.3. The molecule has 0 saturated heterocycles. The number of hydrogen-bond acceptors (Lipinski definition) is 2. The summed E-state index contributed by atoms with van der Waals surface area (Å²) in [4.78, 5) is 4.13. The minimum atomic E-state index is -4.13. The molecule has 96 valence electrons. The Bertz CT molecular complexity index is 656. The Labute approximate surface area is 109 Å². The highest BCUT2D eigenvalue weighted by Crippen LogP contribution is 2.21. The molecule has 6 heteroatoms. The summed E-state index contributed by atoms with van der Waals surface area (Å²) in [6, 6.07) is 11.8. The van der Waals surface area contributed by atoms with E-state index in [-0.39, 0.29) is 11.7 Å². The van der Waals surface area contributed by atoms with E-state index in [9.17, 15) is 8.63 Å². The van der Waals surface area contributed by atoms with E-state index in [1.54, 1.807) is 18.2 Å². The van der Waals surface area contributed by atoms with Gasteiger partial charge in [-0.2, -0.15) is 0 Å². The predicted molar refractivity (Wildman–Crippen MR) is 68.5 cm³/mol. The van der Waals surface area contributed by atoms with Gasteiger partial charge in [0, 0.05) is 6.07 Å². The lowest BCUT2D eigenvalue weighted by atomic mass is 10.0. The van der Waals surface area contributed by atoms with Crippen molar-refractivity contribution in [1.29, 1.82) is 0 Å². The van der Waals surface area contributed by atoms with Crippen molar-refractivity contribution < 1.29 is 17.8 Å². The molecular weight excluding hydrogens is 249 g/mol. The Balaban J connectivity index is 2.10. The summed E-state index contributed by atoms with van der Waals surface area (Å²) in [5, 5.41) is 0. The smallest absolute Gasteiger partial charge is 0.590 e. The van der Waals surface area contributed by atoms with Crippen LogP contribution >= 0.6 is 0 Å². The topological polar surface area (TPSA) is 25.5 Å². The largest absolute Gasteiger partial charge is 0.736 e. The van der Waals surface area contributed by atoms with Crippen LogP contribution in [0.4, 0.5) is 14.4 Å². The molecule has 0 atom stereocenters. The fourth-order valence-electron chi connectivity index (χ4n) is 1.95. The van der Waals surface area contributed by atoms with E-state index in [4.69, 9.17) is 4.65 Å². The van der Waals surface area contributed by atoms with Gasteiger partial charge in [0.1, 0.15) is 0 Å². The summed E-state index contributed by atoms with van der Waals surface area (Å²) < 4.78 is 33.4. The van der Waals surface area contributed by atoms with Gasteiger partial charge in [-0.1, -0.05) is 23.8 Å². The van der Waals surface area contributed by atoms with Crippen molar-refractivity contribution in [3.8, 4) is 0 Å². The van der Waals surface area contributed by atoms with E-state index < -0.39 is 7.04 Å². The summed E-state index contributed by atoms with van der Waals surface area (Å²) in [6.45, 7) is 1.93. The average molecular weight is 260 g/mol. The molecule has 19 heavy (non-hydrogen) atoms. The number of fused-ring (bicyclic) bond motifs is 1. The number of halogens is 2. The molecule has 0 bridgehead atoms. The normalized spacial score (nSPS) is 16.3. The number of rotatable bonds is 1. The molecular formula is C13H11BF2N2O. The van der Waals surface area contributed by atoms with Gasteiger partial charge in [-0.3, -0.25) is 0 Å². The lowest BCUT2D eigenvalue weighted by Gasteiger charge is -2.26. The van der Waals surface area contributed by atoms with Gasteiger partial charge in [0.15, 0.2) is 0 Å². The highest BCUT2D eigenvalue weighted by molar-refractivity contribution is 6.53. The van der Waals surface area contributed by atoms with Gasteiger partial charge >= 0.3 is 7.04 Å². The Hall–Kier alpha value is -2.24. The summed E-state index contributed by atoms with van der Waals surface area (Å²) in [6.07, 6.45) is 1.27. The Morgan fingerprint density at radius 3 is 2.58 bits per heavy atom. The van der Waals surface area contributed by atoms with Crippen molar-refractivity contribution in [3.63, 3.8) is 0 Å². The van der Waals surface area contributed by atoms with Gasteiger partial charge in [-0.05, 0) is 30.1 Å². The number of nitrogens with zero attached hydrogens (tertiary/aromatic N) is 2. The maximum absolute atomic E-state index is 13.9. The minimum Gasteiger partial charge on any atom is -0.590 e. The highest BCUT2D eigenvalue weighted by Gasteiger charge is 2.46. The van der Waals surface area contributed by atoms with E-state index in [0.29, 0.717) is 5.56 Å². The van der Waals surface area contributed by atoms with Crippen molar-refractivity contribution in [2.24, 2.45) is 4.99 Å². The maximum Gasteiger partial charge on any atom is 0.736 e. The molecule has 0 N–H and O–H groups in total. The Kier molecular flexibility index (Phi) is 2.59. The number of benzene rings is 1. The predicted octanol–water partition coefficient (Wildman–Crippen LogP) is 2.61. The third-order valence-electron chi connectivity index (χ3n) is 2.96. The average Bonchev–Trinajstić information content (AvgIpc) is 2.39. The van der Waals surface area contributed by atoms with Crippen LogP contribution in [0.1, 0.15) is 11.1 Å². The zero-order chi connectivity index (χ0) is 13.5. The lowest BCUT2D eigenvalue weighted by Crippen LogP contribution is -2.63. The van der Waals surface area contributed by atoms with Crippen molar-refractivity contribution >= 4 is 18.8 Å². The molecule has 1 aliphatic rings. The number of aromatic nitrogens is 1. The molecule has 2 aromatic rings. The molecule has 3 rings (SSSR count). The van der Waals surface area contributed by atoms with Crippen LogP contribution in [0.2, 0.25) is 0 Å². The van der Waals surface area contributed by atoms with Gasteiger partial charge in [0.05, 0.1) is 11.8 Å². The van der Waals surface area contributed by atoms with Crippen molar-refractivity contribution in [3.05, 3.63) is 59.8 Å². The zero-order valence-corrected chi connectivity index (χ0v) is 10.3. The van der Waals surface area contributed by atoms with Crippen LogP contribution in [-0.2, 0) is 4.65 Å². The first kappa shape index (κ1) is 11.8. The van der Waals surface area contributed by atoms with Crippen LogP contribution in [0, 0.1) is 6.92 Å². The van der Waals surface area contributed by atoms with E-state index in [1.807, 2.05) is 19.1 Å². The van der Waals surface area contributed by atoms with Crippen LogP contribution in [0.3, 0.4) is 0 Å². The van der Waals surface area contributed by atoms with Gasteiger partial charge < -0.3 is 17.8 Å². The molecule has 0 saturated carbocycles. The van der Waals surface area contributed by atoms with Gasteiger partial charge in [0.25, 0.3) is 11.7 Å². The Morgan fingerprint density at radius 2 is 1.84 bits per heavy atom.